The minimum Gasteiger partial charge on any atom is -0.302 e. The van der Waals surface area contributed by atoms with Crippen LogP contribution >= 0.6 is 0 Å². The summed E-state index contributed by atoms with van der Waals surface area (Å²) in [4.78, 5) is 2.66. The Kier molecular flexibility index (Phi) is 4.45. The highest BCUT2D eigenvalue weighted by Crippen LogP contribution is 2.37. The molecule has 2 atom stereocenters. The first kappa shape index (κ1) is 13.6. The topological polar surface area (TPSA) is 3.24 Å². The van der Waals surface area contributed by atoms with Crippen LogP contribution in [0.4, 0.5) is 0 Å². The van der Waals surface area contributed by atoms with E-state index in [1.807, 2.05) is 0 Å². The van der Waals surface area contributed by atoms with Crippen molar-refractivity contribution in [3.05, 3.63) is 35.9 Å². The molecule has 2 rings (SSSR count). The predicted molar refractivity (Wildman–Crippen MR) is 78.8 cm³/mol. The van der Waals surface area contributed by atoms with E-state index in [4.69, 9.17) is 0 Å². The average Bonchev–Trinajstić information content (AvgIpc) is 2.73. The maximum atomic E-state index is 2.66. The Bertz CT molecular complexity index is 355. The molecule has 0 N–H and O–H groups in total. The third-order valence-corrected chi connectivity index (χ3v) is 4.15. The average molecular weight is 245 g/mol. The quantitative estimate of drug-likeness (QED) is 0.774. The van der Waals surface area contributed by atoms with Crippen molar-refractivity contribution in [1.82, 2.24) is 4.90 Å². The summed E-state index contributed by atoms with van der Waals surface area (Å²) >= 11 is 0. The van der Waals surface area contributed by atoms with Crippen LogP contribution in [0.2, 0.25) is 0 Å². The van der Waals surface area contributed by atoms with Gasteiger partial charge in [0.15, 0.2) is 0 Å². The van der Waals surface area contributed by atoms with Crippen molar-refractivity contribution in [2.24, 2.45) is 17.8 Å². The van der Waals surface area contributed by atoms with Crippen molar-refractivity contribution in [2.75, 3.05) is 19.6 Å². The maximum Gasteiger partial charge on any atom is 0.00538 e. The van der Waals surface area contributed by atoms with Gasteiger partial charge in [0.25, 0.3) is 0 Å². The van der Waals surface area contributed by atoms with Gasteiger partial charge in [0, 0.05) is 25.6 Å². The summed E-state index contributed by atoms with van der Waals surface area (Å²) in [6.45, 7) is 13.1. The smallest absolute Gasteiger partial charge is 0.00538 e. The first-order valence-electron chi connectivity index (χ1n) is 7.35. The molecule has 100 valence electrons. The molecule has 0 aromatic heterocycles. The Balaban J connectivity index is 2.12. The third kappa shape index (κ3) is 3.14. The number of nitrogens with zero attached hydrogens (tertiary/aromatic N) is 1. The lowest BCUT2D eigenvalue weighted by atomic mass is 9.82. The van der Waals surface area contributed by atoms with Gasteiger partial charge in [-0.05, 0) is 23.3 Å². The molecule has 1 aromatic rings. The molecule has 0 aliphatic carbocycles. The molecule has 1 heteroatoms. The van der Waals surface area contributed by atoms with Crippen molar-refractivity contribution in [2.45, 2.75) is 33.6 Å². The fourth-order valence-corrected chi connectivity index (χ4v) is 3.31. The zero-order chi connectivity index (χ0) is 13.1. The lowest BCUT2D eigenvalue weighted by Crippen LogP contribution is -2.26. The molecule has 0 bridgehead atoms. The number of hydrogen-bond donors (Lipinski definition) is 0. The van der Waals surface area contributed by atoms with E-state index in [1.165, 1.54) is 25.2 Å². The minimum atomic E-state index is 0.727. The van der Waals surface area contributed by atoms with Gasteiger partial charge in [0.2, 0.25) is 0 Å². The Morgan fingerprint density at radius 2 is 1.72 bits per heavy atom. The van der Waals surface area contributed by atoms with Gasteiger partial charge in [-0.2, -0.15) is 0 Å². The van der Waals surface area contributed by atoms with E-state index in [2.05, 4.69) is 62.9 Å². The van der Waals surface area contributed by atoms with Crippen LogP contribution in [-0.4, -0.2) is 24.5 Å². The molecule has 1 aliphatic rings. The van der Waals surface area contributed by atoms with E-state index >= 15 is 0 Å². The highest BCUT2D eigenvalue weighted by Gasteiger charge is 2.35. The van der Waals surface area contributed by atoms with Crippen molar-refractivity contribution in [1.29, 1.82) is 0 Å². The Morgan fingerprint density at radius 3 is 2.28 bits per heavy atom. The van der Waals surface area contributed by atoms with Crippen molar-refractivity contribution >= 4 is 0 Å². The molecule has 1 heterocycles. The second-order valence-electron chi connectivity index (χ2n) is 6.54. The molecule has 0 spiro atoms. The highest BCUT2D eigenvalue weighted by molar-refractivity contribution is 5.22. The van der Waals surface area contributed by atoms with Crippen LogP contribution in [-0.2, 0) is 0 Å². The first-order valence-corrected chi connectivity index (χ1v) is 7.35. The molecule has 1 aromatic carbocycles. The van der Waals surface area contributed by atoms with Gasteiger partial charge in [-0.3, -0.25) is 0 Å². The molecule has 1 saturated heterocycles. The van der Waals surface area contributed by atoms with Crippen LogP contribution in [0.5, 0.6) is 0 Å². The van der Waals surface area contributed by atoms with E-state index < -0.39 is 0 Å². The first-order chi connectivity index (χ1) is 8.58. The van der Waals surface area contributed by atoms with Crippen LogP contribution < -0.4 is 0 Å². The molecule has 1 nitrogen and oxygen atoms in total. The molecule has 18 heavy (non-hydrogen) atoms. The van der Waals surface area contributed by atoms with E-state index in [9.17, 15) is 0 Å². The second-order valence-corrected chi connectivity index (χ2v) is 6.54. The van der Waals surface area contributed by atoms with E-state index in [-0.39, 0.29) is 0 Å². The summed E-state index contributed by atoms with van der Waals surface area (Å²) in [5.74, 6) is 3.08. The lowest BCUT2D eigenvalue weighted by Gasteiger charge is -2.22. The van der Waals surface area contributed by atoms with Crippen molar-refractivity contribution < 1.29 is 0 Å². The molecule has 1 aliphatic heterocycles. The number of rotatable bonds is 4. The Morgan fingerprint density at radius 1 is 1.06 bits per heavy atom. The third-order valence-electron chi connectivity index (χ3n) is 4.15. The lowest BCUT2D eigenvalue weighted by molar-refractivity contribution is 0.273. The van der Waals surface area contributed by atoms with Gasteiger partial charge < -0.3 is 4.90 Å². The van der Waals surface area contributed by atoms with Gasteiger partial charge in [0.1, 0.15) is 0 Å². The van der Waals surface area contributed by atoms with Crippen LogP contribution in [0.1, 0.15) is 39.2 Å². The Labute approximate surface area is 112 Å². The van der Waals surface area contributed by atoms with Gasteiger partial charge >= 0.3 is 0 Å². The SMILES string of the molecule is CC(C)CN1CC(c2ccccc2)C(C(C)C)C1. The standard InChI is InChI=1S/C17H27N/c1-13(2)10-18-11-16(14(3)4)17(12-18)15-8-6-5-7-9-15/h5-9,13-14,16-17H,10-12H2,1-4H3. The summed E-state index contributed by atoms with van der Waals surface area (Å²) < 4.78 is 0. The van der Waals surface area contributed by atoms with Gasteiger partial charge in [-0.15, -0.1) is 0 Å². The van der Waals surface area contributed by atoms with Crippen LogP contribution in [0.25, 0.3) is 0 Å². The van der Waals surface area contributed by atoms with Crippen molar-refractivity contribution in [3.8, 4) is 0 Å². The number of benzene rings is 1. The van der Waals surface area contributed by atoms with Crippen LogP contribution in [0.15, 0.2) is 30.3 Å². The molecular formula is C17H27N. The summed E-state index contributed by atoms with van der Waals surface area (Å²) in [5, 5.41) is 0. The monoisotopic (exact) mass is 245 g/mol. The van der Waals surface area contributed by atoms with Crippen molar-refractivity contribution in [3.63, 3.8) is 0 Å². The van der Waals surface area contributed by atoms with Gasteiger partial charge in [0.05, 0.1) is 0 Å². The largest absolute Gasteiger partial charge is 0.302 e. The number of likely N-dealkylation sites (tertiary alicyclic amines) is 1. The summed E-state index contributed by atoms with van der Waals surface area (Å²) in [7, 11) is 0. The highest BCUT2D eigenvalue weighted by atomic mass is 15.2. The normalized spacial score (nSPS) is 25.2. The molecule has 0 amide bonds. The molecule has 1 fully saturated rings. The fraction of sp³-hybridized carbons (Fsp3) is 0.647. The zero-order valence-electron chi connectivity index (χ0n) is 12.3. The zero-order valence-corrected chi connectivity index (χ0v) is 12.3. The number of hydrogen-bond acceptors (Lipinski definition) is 1. The van der Waals surface area contributed by atoms with Crippen LogP contribution in [0.3, 0.4) is 0 Å². The maximum absolute atomic E-state index is 2.66. The second kappa shape index (κ2) is 5.88. The molecule has 0 radical (unpaired) electrons. The Hall–Kier alpha value is -0.820. The van der Waals surface area contributed by atoms with E-state index in [1.54, 1.807) is 0 Å². The molecule has 2 unspecified atom stereocenters. The molecular weight excluding hydrogens is 218 g/mol. The summed E-state index contributed by atoms with van der Waals surface area (Å²) in [6, 6.07) is 11.1. The minimum absolute atomic E-state index is 0.727. The predicted octanol–water partition coefficient (Wildman–Crippen LogP) is 4.01. The molecule has 0 saturated carbocycles. The van der Waals surface area contributed by atoms with E-state index in [0.717, 1.165) is 23.7 Å². The fourth-order valence-electron chi connectivity index (χ4n) is 3.31. The van der Waals surface area contributed by atoms with Crippen LogP contribution in [0, 0.1) is 17.8 Å². The van der Waals surface area contributed by atoms with Gasteiger partial charge in [-0.1, -0.05) is 58.0 Å². The summed E-state index contributed by atoms with van der Waals surface area (Å²) in [5.41, 5.74) is 1.53. The summed E-state index contributed by atoms with van der Waals surface area (Å²) in [6.07, 6.45) is 0. The van der Waals surface area contributed by atoms with E-state index in [0.29, 0.717) is 0 Å². The van der Waals surface area contributed by atoms with Gasteiger partial charge in [-0.25, -0.2) is 0 Å².